The number of hydrogen-bond acceptors (Lipinski definition) is 5. The van der Waals surface area contributed by atoms with Gasteiger partial charge in [-0.2, -0.15) is 13.7 Å². The van der Waals surface area contributed by atoms with Gasteiger partial charge in [-0.15, -0.1) is 0 Å². The standard InChI is InChI=1S/C10H14N4O4S2/c1-2-10(7-11)19(15,16)13-8-4-3-5-9(6-8)14-20(12,17)18/h3-6,10,13-14H,2H2,1H3,(H2,12,17,18). The van der Waals surface area contributed by atoms with Crippen LogP contribution in [-0.2, 0) is 20.2 Å². The third kappa shape index (κ3) is 4.69. The summed E-state index contributed by atoms with van der Waals surface area (Å²) in [5, 5.41) is 12.4. The maximum absolute atomic E-state index is 11.9. The van der Waals surface area contributed by atoms with Crippen molar-refractivity contribution in [1.82, 2.24) is 0 Å². The Morgan fingerprint density at radius 1 is 1.25 bits per heavy atom. The van der Waals surface area contributed by atoms with Crippen LogP contribution >= 0.6 is 0 Å². The summed E-state index contributed by atoms with van der Waals surface area (Å²) >= 11 is 0. The van der Waals surface area contributed by atoms with E-state index >= 15 is 0 Å². The molecule has 8 nitrogen and oxygen atoms in total. The molecular formula is C10H14N4O4S2. The van der Waals surface area contributed by atoms with E-state index in [2.05, 4.69) is 4.72 Å². The topological polar surface area (TPSA) is 142 Å². The summed E-state index contributed by atoms with van der Waals surface area (Å²) in [4.78, 5) is 0. The van der Waals surface area contributed by atoms with E-state index in [9.17, 15) is 16.8 Å². The van der Waals surface area contributed by atoms with Crippen LogP contribution in [-0.4, -0.2) is 22.1 Å². The van der Waals surface area contributed by atoms with Crippen molar-refractivity contribution in [3.05, 3.63) is 24.3 Å². The Hall–Kier alpha value is -1.83. The number of nitrogens with zero attached hydrogens (tertiary/aromatic N) is 1. The van der Waals surface area contributed by atoms with Crippen LogP contribution in [0, 0.1) is 11.3 Å². The van der Waals surface area contributed by atoms with Gasteiger partial charge in [0.2, 0.25) is 10.0 Å². The van der Waals surface area contributed by atoms with Crippen molar-refractivity contribution in [3.63, 3.8) is 0 Å². The number of nitrogens with two attached hydrogens (primary N) is 1. The number of sulfonamides is 1. The lowest BCUT2D eigenvalue weighted by molar-refractivity contribution is 0.592. The van der Waals surface area contributed by atoms with Gasteiger partial charge in [-0.1, -0.05) is 13.0 Å². The van der Waals surface area contributed by atoms with Crippen LogP contribution in [0.15, 0.2) is 24.3 Å². The van der Waals surface area contributed by atoms with E-state index in [1.807, 2.05) is 4.72 Å². The normalized spacial score (nSPS) is 13.2. The van der Waals surface area contributed by atoms with Gasteiger partial charge in [-0.3, -0.25) is 9.44 Å². The van der Waals surface area contributed by atoms with E-state index in [1.54, 1.807) is 13.0 Å². The number of nitrogens with one attached hydrogen (secondary N) is 2. The Kier molecular flexibility index (Phi) is 4.93. The molecule has 0 saturated carbocycles. The van der Waals surface area contributed by atoms with Crippen molar-refractivity contribution in [2.45, 2.75) is 18.6 Å². The van der Waals surface area contributed by atoms with Crippen molar-refractivity contribution in [2.24, 2.45) is 5.14 Å². The molecule has 10 heteroatoms. The summed E-state index contributed by atoms with van der Waals surface area (Å²) < 4.78 is 49.7. The molecule has 0 bridgehead atoms. The van der Waals surface area contributed by atoms with Gasteiger partial charge in [-0.25, -0.2) is 13.6 Å². The van der Waals surface area contributed by atoms with Crippen molar-refractivity contribution >= 4 is 31.6 Å². The van der Waals surface area contributed by atoms with Crippen LogP contribution in [0.1, 0.15) is 13.3 Å². The van der Waals surface area contributed by atoms with Crippen LogP contribution < -0.4 is 14.6 Å². The molecule has 1 rings (SSSR count). The second kappa shape index (κ2) is 6.08. The molecule has 0 aliphatic carbocycles. The van der Waals surface area contributed by atoms with Crippen molar-refractivity contribution in [1.29, 1.82) is 5.26 Å². The maximum Gasteiger partial charge on any atom is 0.296 e. The highest BCUT2D eigenvalue weighted by Gasteiger charge is 2.23. The fraction of sp³-hybridized carbons (Fsp3) is 0.300. The third-order valence-electron chi connectivity index (χ3n) is 2.27. The predicted molar refractivity (Wildman–Crippen MR) is 75.4 cm³/mol. The van der Waals surface area contributed by atoms with Gasteiger partial charge in [0.15, 0.2) is 5.25 Å². The molecule has 0 saturated heterocycles. The largest absolute Gasteiger partial charge is 0.296 e. The van der Waals surface area contributed by atoms with E-state index in [4.69, 9.17) is 10.4 Å². The van der Waals surface area contributed by atoms with Crippen molar-refractivity contribution in [3.8, 4) is 6.07 Å². The number of anilines is 2. The minimum Gasteiger partial charge on any atom is -0.282 e. The zero-order valence-electron chi connectivity index (χ0n) is 10.6. The molecule has 20 heavy (non-hydrogen) atoms. The zero-order chi connectivity index (χ0) is 15.4. The number of benzene rings is 1. The molecule has 0 aromatic heterocycles. The molecule has 0 amide bonds. The summed E-state index contributed by atoms with van der Waals surface area (Å²) in [7, 11) is -7.80. The molecule has 0 fully saturated rings. The lowest BCUT2D eigenvalue weighted by Gasteiger charge is -2.12. The van der Waals surface area contributed by atoms with Crippen LogP contribution in [0.25, 0.3) is 0 Å². The van der Waals surface area contributed by atoms with E-state index in [-0.39, 0.29) is 17.8 Å². The highest BCUT2D eigenvalue weighted by atomic mass is 32.2. The molecule has 110 valence electrons. The summed E-state index contributed by atoms with van der Waals surface area (Å²) in [5.74, 6) is 0. The summed E-state index contributed by atoms with van der Waals surface area (Å²) in [6, 6.07) is 7.22. The molecule has 0 spiro atoms. The van der Waals surface area contributed by atoms with E-state index < -0.39 is 25.5 Å². The molecule has 4 N–H and O–H groups in total. The third-order valence-corrected chi connectivity index (χ3v) is 4.50. The lowest BCUT2D eigenvalue weighted by atomic mass is 10.3. The Bertz CT molecular complexity index is 722. The molecule has 1 unspecified atom stereocenters. The molecule has 0 aliphatic rings. The molecule has 1 aromatic carbocycles. The first-order valence-corrected chi connectivity index (χ1v) is 8.59. The van der Waals surface area contributed by atoms with E-state index in [0.29, 0.717) is 0 Å². The Balaban J connectivity index is 3.00. The van der Waals surface area contributed by atoms with E-state index in [0.717, 1.165) is 0 Å². The zero-order valence-corrected chi connectivity index (χ0v) is 12.2. The average Bonchev–Trinajstić information content (AvgIpc) is 2.27. The average molecular weight is 318 g/mol. The van der Waals surface area contributed by atoms with Gasteiger partial charge in [0.25, 0.3) is 10.2 Å². The second-order valence-electron chi connectivity index (χ2n) is 3.90. The fourth-order valence-corrected chi connectivity index (χ4v) is 3.06. The minimum atomic E-state index is -3.94. The Morgan fingerprint density at radius 3 is 2.25 bits per heavy atom. The Labute approximate surface area is 117 Å². The SMILES string of the molecule is CCC(C#N)S(=O)(=O)Nc1cccc(NS(N)(=O)=O)c1. The number of nitriles is 1. The molecular weight excluding hydrogens is 304 g/mol. The summed E-state index contributed by atoms with van der Waals surface area (Å²) in [6.45, 7) is 1.58. The summed E-state index contributed by atoms with van der Waals surface area (Å²) in [6.07, 6.45) is 0.140. The highest BCUT2D eigenvalue weighted by molar-refractivity contribution is 7.93. The first kappa shape index (κ1) is 16.2. The van der Waals surface area contributed by atoms with Crippen molar-refractivity contribution < 1.29 is 16.8 Å². The van der Waals surface area contributed by atoms with Gasteiger partial charge >= 0.3 is 0 Å². The molecule has 1 atom stereocenters. The van der Waals surface area contributed by atoms with Gasteiger partial charge < -0.3 is 0 Å². The first-order valence-electron chi connectivity index (χ1n) is 5.50. The smallest absolute Gasteiger partial charge is 0.282 e. The second-order valence-corrected chi connectivity index (χ2v) is 7.06. The summed E-state index contributed by atoms with van der Waals surface area (Å²) in [5.41, 5.74) is 0.241. The Morgan fingerprint density at radius 2 is 1.80 bits per heavy atom. The molecule has 0 heterocycles. The van der Waals surface area contributed by atoms with Crippen LogP contribution in [0.4, 0.5) is 11.4 Å². The first-order chi connectivity index (χ1) is 9.18. The predicted octanol–water partition coefficient (Wildman–Crippen LogP) is 0.346. The number of rotatable bonds is 6. The maximum atomic E-state index is 11.9. The van der Waals surface area contributed by atoms with Crippen LogP contribution in [0.5, 0.6) is 0 Å². The fourth-order valence-electron chi connectivity index (χ4n) is 1.43. The molecule has 0 radical (unpaired) electrons. The number of hydrogen-bond donors (Lipinski definition) is 3. The monoisotopic (exact) mass is 318 g/mol. The van der Waals surface area contributed by atoms with Gasteiger partial charge in [-0.05, 0) is 24.6 Å². The minimum absolute atomic E-state index is 0.109. The molecule has 0 aliphatic heterocycles. The van der Waals surface area contributed by atoms with Crippen molar-refractivity contribution in [2.75, 3.05) is 9.44 Å². The van der Waals surface area contributed by atoms with Gasteiger partial charge in [0, 0.05) is 0 Å². The van der Waals surface area contributed by atoms with Gasteiger partial charge in [0.05, 0.1) is 17.4 Å². The van der Waals surface area contributed by atoms with Gasteiger partial charge in [0.1, 0.15) is 0 Å². The lowest BCUT2D eigenvalue weighted by Crippen LogP contribution is -2.26. The van der Waals surface area contributed by atoms with Crippen LogP contribution in [0.2, 0.25) is 0 Å². The highest BCUT2D eigenvalue weighted by Crippen LogP contribution is 2.18. The molecule has 1 aromatic rings. The quantitative estimate of drug-likeness (QED) is 0.693. The van der Waals surface area contributed by atoms with Crippen LogP contribution in [0.3, 0.4) is 0 Å². The van der Waals surface area contributed by atoms with E-state index in [1.165, 1.54) is 24.3 Å².